The maximum absolute atomic E-state index is 12.5. The second-order valence-corrected chi connectivity index (χ2v) is 9.47. The molecule has 1 aromatic carbocycles. The van der Waals surface area contributed by atoms with Crippen molar-refractivity contribution in [3.63, 3.8) is 0 Å². The van der Waals surface area contributed by atoms with Crippen LogP contribution in [0.3, 0.4) is 0 Å². The molecule has 0 radical (unpaired) electrons. The first-order valence-electron chi connectivity index (χ1n) is 11.9. The summed E-state index contributed by atoms with van der Waals surface area (Å²) in [4.78, 5) is 26.4. The molecule has 0 spiro atoms. The van der Waals surface area contributed by atoms with E-state index in [0.717, 1.165) is 24.0 Å². The molecule has 1 aromatic rings. The predicted molar refractivity (Wildman–Crippen MR) is 123 cm³/mol. The van der Waals surface area contributed by atoms with Gasteiger partial charge in [-0.3, -0.25) is 14.5 Å². The van der Waals surface area contributed by atoms with Crippen molar-refractivity contribution in [2.75, 3.05) is 59.9 Å². The smallest absolute Gasteiger partial charge is 0.261 e. The first kappa shape index (κ1) is 31.2. The molecule has 0 aliphatic carbocycles. The molecular formula is C25H43Br2N3O2. The van der Waals surface area contributed by atoms with Crippen LogP contribution in [0.1, 0.15) is 73.6 Å². The van der Waals surface area contributed by atoms with E-state index in [9.17, 15) is 9.59 Å². The number of quaternary nitrogens is 2. The zero-order valence-corrected chi connectivity index (χ0v) is 23.9. The van der Waals surface area contributed by atoms with Gasteiger partial charge in [-0.05, 0) is 58.6 Å². The third-order valence-electron chi connectivity index (χ3n) is 7.18. The van der Waals surface area contributed by atoms with Crippen LogP contribution >= 0.6 is 0 Å². The van der Waals surface area contributed by atoms with Crippen LogP contribution in [0.25, 0.3) is 0 Å². The Kier molecular flexibility index (Phi) is 14.1. The molecule has 7 heteroatoms. The highest BCUT2D eigenvalue weighted by atomic mass is 79.9. The molecule has 0 aromatic heterocycles. The number of halogens is 2. The van der Waals surface area contributed by atoms with E-state index < -0.39 is 0 Å². The number of amides is 2. The number of imide groups is 1. The summed E-state index contributed by atoms with van der Waals surface area (Å²) >= 11 is 0. The fourth-order valence-electron chi connectivity index (χ4n) is 4.70. The van der Waals surface area contributed by atoms with Crippen LogP contribution in [0, 0.1) is 0 Å². The topological polar surface area (TPSA) is 37.4 Å². The average molecular weight is 577 g/mol. The molecule has 1 heterocycles. The van der Waals surface area contributed by atoms with Gasteiger partial charge in [-0.15, -0.1) is 0 Å². The van der Waals surface area contributed by atoms with Crippen molar-refractivity contribution in [2.24, 2.45) is 0 Å². The van der Waals surface area contributed by atoms with Gasteiger partial charge in [0.15, 0.2) is 0 Å². The van der Waals surface area contributed by atoms with E-state index >= 15 is 0 Å². The summed E-state index contributed by atoms with van der Waals surface area (Å²) in [6.45, 7) is 14.6. The minimum Gasteiger partial charge on any atom is -1.00 e. The summed E-state index contributed by atoms with van der Waals surface area (Å²) in [7, 11) is 4.52. The molecule has 184 valence electrons. The Morgan fingerprint density at radius 3 is 1.59 bits per heavy atom. The lowest BCUT2D eigenvalue weighted by Gasteiger charge is -2.36. The van der Waals surface area contributed by atoms with Crippen molar-refractivity contribution < 1.29 is 52.5 Å². The molecule has 0 bridgehead atoms. The molecule has 1 aliphatic rings. The molecule has 0 unspecified atom stereocenters. The third kappa shape index (κ3) is 8.23. The van der Waals surface area contributed by atoms with E-state index in [1.165, 1.54) is 61.2 Å². The van der Waals surface area contributed by atoms with Crippen molar-refractivity contribution >= 4 is 11.8 Å². The zero-order valence-electron chi connectivity index (χ0n) is 20.7. The average Bonchev–Trinajstić information content (AvgIpc) is 2.99. The molecule has 5 nitrogen and oxygen atoms in total. The number of unbranched alkanes of at least 4 members (excludes halogenated alkanes) is 3. The molecule has 0 atom stereocenters. The number of carbonyl (C=O) groups is 2. The van der Waals surface area contributed by atoms with Crippen LogP contribution in [0.15, 0.2) is 24.3 Å². The first-order valence-corrected chi connectivity index (χ1v) is 11.9. The molecule has 0 fully saturated rings. The van der Waals surface area contributed by atoms with E-state index in [0.29, 0.717) is 17.7 Å². The number of carbonyl (C=O) groups excluding carboxylic acids is 2. The summed E-state index contributed by atoms with van der Waals surface area (Å²) in [5.41, 5.74) is 1.10. The van der Waals surface area contributed by atoms with Gasteiger partial charge in [0.2, 0.25) is 0 Å². The maximum atomic E-state index is 12.5. The minimum atomic E-state index is -0.137. The Bertz CT molecular complexity index is 678. The van der Waals surface area contributed by atoms with Crippen molar-refractivity contribution in [3.8, 4) is 0 Å². The van der Waals surface area contributed by atoms with Crippen LogP contribution in [-0.4, -0.2) is 85.6 Å². The maximum Gasteiger partial charge on any atom is 0.261 e. The normalized spacial score (nSPS) is 13.6. The summed E-state index contributed by atoms with van der Waals surface area (Å²) in [6.07, 6.45) is 6.02. The van der Waals surface area contributed by atoms with Crippen molar-refractivity contribution in [3.05, 3.63) is 35.4 Å². The Hall–Kier alpha value is -0.760. The number of benzene rings is 1. The Balaban J connectivity index is 0.00000480. The molecular weight excluding hydrogens is 534 g/mol. The summed E-state index contributed by atoms with van der Waals surface area (Å²) in [6, 6.07) is 7.14. The second kappa shape index (κ2) is 14.5. The zero-order chi connectivity index (χ0) is 22.2. The molecule has 0 saturated heterocycles. The largest absolute Gasteiger partial charge is 1.00 e. The van der Waals surface area contributed by atoms with Crippen molar-refractivity contribution in [1.82, 2.24) is 4.90 Å². The van der Waals surface area contributed by atoms with E-state index in [1.807, 2.05) is 12.1 Å². The summed E-state index contributed by atoms with van der Waals surface area (Å²) in [5, 5.41) is 0. The quantitative estimate of drug-likeness (QED) is 0.149. The minimum absolute atomic E-state index is 0. The standard InChI is InChI=1S/C25H43N3O2.2BrH/c1-6-28(7-2,8-3)21-14-10-9-13-19-27(4,5)20-15-18-26-24(29)22-16-11-12-17-23(22)25(26)30;;/h11-12,16-17H,6-10,13-15,18-21H2,1-5H3;2*1H/q+2;;/p-2. The lowest BCUT2D eigenvalue weighted by molar-refractivity contribution is -0.923. The fraction of sp³-hybridized carbons (Fsp3) is 0.680. The highest BCUT2D eigenvalue weighted by Crippen LogP contribution is 2.22. The van der Waals surface area contributed by atoms with Crippen LogP contribution in [-0.2, 0) is 0 Å². The van der Waals surface area contributed by atoms with Gasteiger partial charge < -0.3 is 42.9 Å². The van der Waals surface area contributed by atoms with E-state index in [1.54, 1.807) is 12.1 Å². The van der Waals surface area contributed by atoms with Gasteiger partial charge in [0, 0.05) is 13.0 Å². The Morgan fingerprint density at radius 2 is 1.12 bits per heavy atom. The molecule has 1 aliphatic heterocycles. The fourth-order valence-corrected chi connectivity index (χ4v) is 4.70. The third-order valence-corrected chi connectivity index (χ3v) is 7.18. The van der Waals surface area contributed by atoms with Gasteiger partial charge >= 0.3 is 0 Å². The van der Waals surface area contributed by atoms with E-state index in [4.69, 9.17) is 0 Å². The lowest BCUT2D eigenvalue weighted by Crippen LogP contribution is -3.00. The monoisotopic (exact) mass is 575 g/mol. The van der Waals surface area contributed by atoms with Crippen LogP contribution in [0.5, 0.6) is 0 Å². The Labute approximate surface area is 216 Å². The Morgan fingerprint density at radius 1 is 0.688 bits per heavy atom. The van der Waals surface area contributed by atoms with Gasteiger partial charge in [-0.25, -0.2) is 0 Å². The van der Waals surface area contributed by atoms with Gasteiger partial charge in [-0.1, -0.05) is 12.1 Å². The van der Waals surface area contributed by atoms with Gasteiger partial charge in [0.05, 0.1) is 64.5 Å². The van der Waals surface area contributed by atoms with Crippen LogP contribution < -0.4 is 34.0 Å². The van der Waals surface area contributed by atoms with Crippen LogP contribution in [0.4, 0.5) is 0 Å². The highest BCUT2D eigenvalue weighted by molar-refractivity contribution is 6.21. The number of rotatable bonds is 14. The van der Waals surface area contributed by atoms with Gasteiger partial charge in [-0.2, -0.15) is 0 Å². The summed E-state index contributed by atoms with van der Waals surface area (Å²) < 4.78 is 2.20. The van der Waals surface area contributed by atoms with Crippen LogP contribution in [0.2, 0.25) is 0 Å². The number of fused-ring (bicyclic) bond motifs is 1. The molecule has 0 saturated carbocycles. The van der Waals surface area contributed by atoms with Crippen molar-refractivity contribution in [2.45, 2.75) is 52.9 Å². The van der Waals surface area contributed by atoms with Crippen molar-refractivity contribution in [1.29, 1.82) is 0 Å². The van der Waals surface area contributed by atoms with E-state index in [-0.39, 0.29) is 45.8 Å². The summed E-state index contributed by atoms with van der Waals surface area (Å²) in [5.74, 6) is -0.275. The van der Waals surface area contributed by atoms with Gasteiger partial charge in [0.1, 0.15) is 0 Å². The molecule has 2 rings (SSSR count). The number of hydrogen-bond acceptors (Lipinski definition) is 2. The highest BCUT2D eigenvalue weighted by Gasteiger charge is 2.34. The number of hydrogen-bond donors (Lipinski definition) is 0. The van der Waals surface area contributed by atoms with Gasteiger partial charge in [0.25, 0.3) is 11.8 Å². The predicted octanol–water partition coefficient (Wildman–Crippen LogP) is -1.81. The second-order valence-electron chi connectivity index (χ2n) is 9.47. The number of nitrogens with zero attached hydrogens (tertiary/aromatic N) is 3. The molecule has 0 N–H and O–H groups in total. The molecule has 2 amide bonds. The lowest BCUT2D eigenvalue weighted by atomic mass is 10.1. The SMILES string of the molecule is CC[N+](CC)(CC)CCCCCC[N+](C)(C)CCCN1C(=O)c2ccccc2C1=O.[Br-].[Br-]. The molecule has 32 heavy (non-hydrogen) atoms. The first-order chi connectivity index (χ1) is 14.3. The van der Waals surface area contributed by atoms with E-state index in [2.05, 4.69) is 34.9 Å².